The number of ether oxygens (including phenoxy) is 1. The summed E-state index contributed by atoms with van der Waals surface area (Å²) in [5.41, 5.74) is 0. The Kier molecular flexibility index (Phi) is 9.19. The summed E-state index contributed by atoms with van der Waals surface area (Å²) in [6.45, 7) is 7.63. The summed E-state index contributed by atoms with van der Waals surface area (Å²) in [6.07, 6.45) is 14.1. The highest BCUT2D eigenvalue weighted by molar-refractivity contribution is 7.28. The Bertz CT molecular complexity index is 538. The molecule has 0 N–H and O–H groups in total. The van der Waals surface area contributed by atoms with Crippen molar-refractivity contribution in [3.05, 3.63) is 23.4 Å². The first-order valence-electron chi connectivity index (χ1n) is 9.68. The van der Waals surface area contributed by atoms with Crippen LogP contribution in [0.25, 0.3) is 9.40 Å². The molecule has 0 saturated heterocycles. The Morgan fingerprint density at radius 1 is 1.00 bits per heavy atom. The van der Waals surface area contributed by atoms with Crippen LogP contribution in [-0.4, -0.2) is 6.61 Å². The molecule has 2 aromatic rings. The molecule has 1 unspecified atom stereocenters. The maximum atomic E-state index is 5.96. The van der Waals surface area contributed by atoms with E-state index in [4.69, 9.17) is 4.74 Å². The molecule has 0 bridgehead atoms. The molecule has 3 heteroatoms. The summed E-state index contributed by atoms with van der Waals surface area (Å²) in [7, 11) is 0. The van der Waals surface area contributed by atoms with Crippen LogP contribution in [0, 0.1) is 6.42 Å². The average molecular weight is 366 g/mol. The van der Waals surface area contributed by atoms with Crippen molar-refractivity contribution in [2.75, 3.05) is 6.61 Å². The number of hydrogen-bond donors (Lipinski definition) is 0. The van der Waals surface area contributed by atoms with Gasteiger partial charge in [0, 0.05) is 20.3 Å². The molecule has 1 nitrogen and oxygen atoms in total. The SMILES string of the molecule is C[CH]CCC(C)c1cc2sc(OCCCCCCCCC)cc2s1. The Balaban J connectivity index is 1.69. The van der Waals surface area contributed by atoms with Crippen LogP contribution < -0.4 is 4.74 Å². The molecule has 0 aliphatic carbocycles. The van der Waals surface area contributed by atoms with Gasteiger partial charge in [0.25, 0.3) is 0 Å². The van der Waals surface area contributed by atoms with Gasteiger partial charge in [-0.2, -0.15) is 0 Å². The van der Waals surface area contributed by atoms with Crippen molar-refractivity contribution in [1.29, 1.82) is 0 Å². The van der Waals surface area contributed by atoms with Crippen molar-refractivity contribution in [3.8, 4) is 5.06 Å². The van der Waals surface area contributed by atoms with Gasteiger partial charge >= 0.3 is 0 Å². The lowest BCUT2D eigenvalue weighted by Crippen LogP contribution is -1.95. The average Bonchev–Trinajstić information content (AvgIpc) is 3.13. The van der Waals surface area contributed by atoms with Gasteiger partial charge in [-0.05, 0) is 37.7 Å². The summed E-state index contributed by atoms with van der Waals surface area (Å²) in [5, 5.41) is 1.10. The topological polar surface area (TPSA) is 9.23 Å². The molecule has 1 atom stereocenters. The first-order chi connectivity index (χ1) is 11.7. The van der Waals surface area contributed by atoms with Crippen molar-refractivity contribution in [2.45, 2.75) is 84.5 Å². The largest absolute Gasteiger partial charge is 0.484 e. The zero-order valence-electron chi connectivity index (χ0n) is 15.6. The van der Waals surface area contributed by atoms with Crippen LogP contribution in [0.4, 0.5) is 0 Å². The van der Waals surface area contributed by atoms with E-state index >= 15 is 0 Å². The molecular weight excluding hydrogens is 332 g/mol. The molecule has 0 spiro atoms. The van der Waals surface area contributed by atoms with Crippen LogP contribution in [0.5, 0.6) is 5.06 Å². The van der Waals surface area contributed by atoms with E-state index in [0.29, 0.717) is 5.92 Å². The van der Waals surface area contributed by atoms with E-state index in [9.17, 15) is 0 Å². The highest BCUT2D eigenvalue weighted by Crippen LogP contribution is 2.40. The fourth-order valence-corrected chi connectivity index (χ4v) is 5.29. The third-order valence-electron chi connectivity index (χ3n) is 4.57. The molecule has 0 aromatic carbocycles. The molecule has 24 heavy (non-hydrogen) atoms. The zero-order chi connectivity index (χ0) is 17.2. The molecule has 2 rings (SSSR count). The van der Waals surface area contributed by atoms with Crippen molar-refractivity contribution in [1.82, 2.24) is 0 Å². The molecule has 0 saturated carbocycles. The summed E-state index contributed by atoms with van der Waals surface area (Å²) < 4.78 is 8.76. The van der Waals surface area contributed by atoms with Crippen molar-refractivity contribution >= 4 is 32.1 Å². The Labute approximate surface area is 156 Å². The highest BCUT2D eigenvalue weighted by Gasteiger charge is 2.12. The minimum absolute atomic E-state index is 0.669. The van der Waals surface area contributed by atoms with Gasteiger partial charge in [0.2, 0.25) is 0 Å². The lowest BCUT2D eigenvalue weighted by molar-refractivity contribution is 0.313. The van der Waals surface area contributed by atoms with E-state index in [1.165, 1.54) is 72.1 Å². The number of rotatable bonds is 13. The van der Waals surface area contributed by atoms with E-state index < -0.39 is 0 Å². The maximum Gasteiger partial charge on any atom is 0.175 e. The first-order valence-corrected chi connectivity index (χ1v) is 11.3. The lowest BCUT2D eigenvalue weighted by atomic mass is 10.0. The Hall–Kier alpha value is -0.540. The predicted molar refractivity (Wildman–Crippen MR) is 111 cm³/mol. The predicted octanol–water partition coefficient (Wildman–Crippen LogP) is 8.20. The molecule has 135 valence electrons. The maximum absolute atomic E-state index is 5.96. The van der Waals surface area contributed by atoms with Gasteiger partial charge in [0.05, 0.1) is 6.61 Å². The van der Waals surface area contributed by atoms with Crippen LogP contribution in [0.2, 0.25) is 0 Å². The fourth-order valence-electron chi connectivity index (χ4n) is 2.94. The minimum atomic E-state index is 0.669. The second-order valence-electron chi connectivity index (χ2n) is 6.80. The smallest absolute Gasteiger partial charge is 0.175 e. The van der Waals surface area contributed by atoms with Gasteiger partial charge in [-0.3, -0.25) is 0 Å². The van der Waals surface area contributed by atoms with Crippen molar-refractivity contribution in [2.24, 2.45) is 0 Å². The molecule has 0 aliphatic heterocycles. The van der Waals surface area contributed by atoms with Crippen LogP contribution in [0.3, 0.4) is 0 Å². The van der Waals surface area contributed by atoms with Gasteiger partial charge in [0.15, 0.2) is 5.06 Å². The molecule has 0 amide bonds. The van der Waals surface area contributed by atoms with Gasteiger partial charge < -0.3 is 4.74 Å². The molecule has 2 aromatic heterocycles. The van der Waals surface area contributed by atoms with Gasteiger partial charge in [-0.15, -0.1) is 11.3 Å². The van der Waals surface area contributed by atoms with E-state index in [-0.39, 0.29) is 0 Å². The number of thiophene rings is 2. The van der Waals surface area contributed by atoms with E-state index in [1.54, 1.807) is 0 Å². The summed E-state index contributed by atoms with van der Waals surface area (Å²) in [6, 6.07) is 4.62. The standard InChI is InChI=1S/C21H33OS2/c1-4-6-8-9-10-11-12-14-22-21-16-20-19(24-21)15-18(23-20)17(3)13-7-5-2/h5,15-17H,4,6-14H2,1-3H3. The van der Waals surface area contributed by atoms with Crippen molar-refractivity contribution in [3.63, 3.8) is 0 Å². The number of unbranched alkanes of at least 4 members (excludes halogenated alkanes) is 7. The molecule has 2 heterocycles. The monoisotopic (exact) mass is 365 g/mol. The summed E-state index contributed by atoms with van der Waals surface area (Å²) >= 11 is 3.76. The highest BCUT2D eigenvalue weighted by atomic mass is 32.1. The Morgan fingerprint density at radius 3 is 2.42 bits per heavy atom. The van der Waals surface area contributed by atoms with E-state index in [2.05, 4.69) is 39.3 Å². The quantitative estimate of drug-likeness (QED) is 0.325. The first kappa shape index (κ1) is 19.8. The van der Waals surface area contributed by atoms with Crippen LogP contribution in [0.15, 0.2) is 12.1 Å². The molecule has 0 aliphatic rings. The van der Waals surface area contributed by atoms with Gasteiger partial charge in [-0.1, -0.05) is 70.6 Å². The van der Waals surface area contributed by atoms with Crippen LogP contribution in [0.1, 0.15) is 89.4 Å². The van der Waals surface area contributed by atoms with Gasteiger partial charge in [0.1, 0.15) is 0 Å². The zero-order valence-corrected chi connectivity index (χ0v) is 17.2. The second kappa shape index (κ2) is 11.1. The number of hydrogen-bond acceptors (Lipinski definition) is 3. The third kappa shape index (κ3) is 6.40. The van der Waals surface area contributed by atoms with Gasteiger partial charge in [-0.25, -0.2) is 0 Å². The van der Waals surface area contributed by atoms with Crippen LogP contribution >= 0.6 is 22.7 Å². The molecular formula is C21H33OS2. The van der Waals surface area contributed by atoms with E-state index in [0.717, 1.165) is 11.7 Å². The molecule has 0 fully saturated rings. The number of fused-ring (bicyclic) bond motifs is 1. The normalized spacial score (nSPS) is 12.8. The molecule has 1 radical (unpaired) electrons. The van der Waals surface area contributed by atoms with E-state index in [1.807, 2.05) is 22.7 Å². The Morgan fingerprint density at radius 2 is 1.71 bits per heavy atom. The second-order valence-corrected chi connectivity index (χ2v) is 8.96. The minimum Gasteiger partial charge on any atom is -0.484 e. The summed E-state index contributed by atoms with van der Waals surface area (Å²) in [4.78, 5) is 1.52. The van der Waals surface area contributed by atoms with Crippen molar-refractivity contribution < 1.29 is 4.74 Å². The lowest BCUT2D eigenvalue weighted by Gasteiger charge is -2.07. The fraction of sp³-hybridized carbons (Fsp3) is 0.667. The third-order valence-corrected chi connectivity index (χ3v) is 7.01. The van der Waals surface area contributed by atoms with Crippen LogP contribution in [-0.2, 0) is 0 Å². The summed E-state index contributed by atoms with van der Waals surface area (Å²) in [5.74, 6) is 0.669.